The van der Waals surface area contributed by atoms with Crippen LogP contribution in [0.4, 0.5) is 0 Å². The third kappa shape index (κ3) is 4.64. The van der Waals surface area contributed by atoms with Crippen molar-refractivity contribution in [3.05, 3.63) is 83.1 Å². The van der Waals surface area contributed by atoms with Crippen LogP contribution in [0.2, 0.25) is 0 Å². The van der Waals surface area contributed by atoms with Crippen LogP contribution in [0.5, 0.6) is 0 Å². The van der Waals surface area contributed by atoms with Gasteiger partial charge in [-0.25, -0.2) is 0 Å². The second-order valence-electron chi connectivity index (χ2n) is 7.28. The summed E-state index contributed by atoms with van der Waals surface area (Å²) in [5.41, 5.74) is 0. The molecule has 3 aromatic rings. The topological polar surface area (TPSA) is 29.5 Å². The summed E-state index contributed by atoms with van der Waals surface area (Å²) in [6, 6.07) is 24.1. The van der Waals surface area contributed by atoms with Crippen molar-refractivity contribution in [3.63, 3.8) is 0 Å². The van der Waals surface area contributed by atoms with Crippen LogP contribution in [0.25, 0.3) is 0 Å². The van der Waals surface area contributed by atoms with Crippen molar-refractivity contribution in [3.8, 4) is 0 Å². The minimum atomic E-state index is -2.78. The SMILES string of the molecule is O=P(CN(Cc1cccs1)CC1CCCO1)(c1ccccc1)c1ccccc1. The zero-order valence-corrected chi connectivity index (χ0v) is 17.7. The third-order valence-corrected chi connectivity index (χ3v) is 9.12. The summed E-state index contributed by atoms with van der Waals surface area (Å²) in [5.74, 6) is 0. The number of hydrogen-bond acceptors (Lipinski definition) is 4. The predicted molar refractivity (Wildman–Crippen MR) is 118 cm³/mol. The number of hydrogen-bond donors (Lipinski definition) is 0. The van der Waals surface area contributed by atoms with E-state index in [0.717, 1.165) is 43.1 Å². The molecule has 4 rings (SSSR count). The largest absolute Gasteiger partial charge is 0.377 e. The monoisotopic (exact) mass is 411 g/mol. The average molecular weight is 412 g/mol. The van der Waals surface area contributed by atoms with E-state index < -0.39 is 7.14 Å². The highest BCUT2D eigenvalue weighted by Crippen LogP contribution is 2.44. The molecular formula is C23H26NO2PS. The Morgan fingerprint density at radius 3 is 2.18 bits per heavy atom. The van der Waals surface area contributed by atoms with Crippen molar-refractivity contribution in [1.82, 2.24) is 4.90 Å². The molecule has 0 aliphatic carbocycles. The van der Waals surface area contributed by atoms with Gasteiger partial charge in [0, 0.05) is 35.2 Å². The Morgan fingerprint density at radius 2 is 1.64 bits per heavy atom. The fourth-order valence-electron chi connectivity index (χ4n) is 3.80. The van der Waals surface area contributed by atoms with Gasteiger partial charge >= 0.3 is 0 Å². The normalized spacial score (nSPS) is 17.2. The molecule has 0 N–H and O–H groups in total. The molecule has 1 unspecified atom stereocenters. The molecule has 1 saturated heterocycles. The standard InChI is InChI=1S/C23H26NO2PS/c25-27(21-10-3-1-4-11-21,22-12-5-2-6-13-22)19-24(17-20-9-7-15-26-20)18-23-14-8-16-28-23/h1-6,8,10-14,16,20H,7,9,15,17-19H2. The summed E-state index contributed by atoms with van der Waals surface area (Å²) in [5, 5.41) is 3.95. The lowest BCUT2D eigenvalue weighted by Gasteiger charge is -2.30. The van der Waals surface area contributed by atoms with Crippen LogP contribution in [0.15, 0.2) is 78.2 Å². The predicted octanol–water partition coefficient (Wildman–Crippen LogP) is 4.70. The molecule has 5 heteroatoms. The highest BCUT2D eigenvalue weighted by Gasteiger charge is 2.31. The quantitative estimate of drug-likeness (QED) is 0.503. The molecule has 0 radical (unpaired) electrons. The van der Waals surface area contributed by atoms with Crippen LogP contribution in [0.1, 0.15) is 17.7 Å². The highest BCUT2D eigenvalue weighted by molar-refractivity contribution is 7.78. The van der Waals surface area contributed by atoms with Crippen LogP contribution < -0.4 is 10.6 Å². The van der Waals surface area contributed by atoms with E-state index in [2.05, 4.69) is 22.4 Å². The van der Waals surface area contributed by atoms with Gasteiger partial charge in [0.2, 0.25) is 0 Å². The molecule has 3 nitrogen and oxygen atoms in total. The van der Waals surface area contributed by atoms with Gasteiger partial charge in [-0.05, 0) is 24.3 Å². The molecule has 28 heavy (non-hydrogen) atoms. The second-order valence-corrected chi connectivity index (χ2v) is 11.1. The van der Waals surface area contributed by atoms with Gasteiger partial charge in [-0.1, -0.05) is 66.7 Å². The molecule has 146 valence electrons. The Hall–Kier alpha value is -1.71. The molecule has 0 amide bonds. The van der Waals surface area contributed by atoms with Crippen LogP contribution in [-0.2, 0) is 15.8 Å². The van der Waals surface area contributed by atoms with E-state index in [-0.39, 0.29) is 6.10 Å². The van der Waals surface area contributed by atoms with Crippen LogP contribution in [0.3, 0.4) is 0 Å². The Bertz CT molecular complexity index is 849. The molecule has 2 heterocycles. The van der Waals surface area contributed by atoms with E-state index in [9.17, 15) is 4.57 Å². The number of thiophene rings is 1. The zero-order valence-electron chi connectivity index (χ0n) is 15.9. The first-order chi connectivity index (χ1) is 13.7. The third-order valence-electron chi connectivity index (χ3n) is 5.19. The summed E-state index contributed by atoms with van der Waals surface area (Å²) in [7, 11) is -2.78. The first-order valence-corrected chi connectivity index (χ1v) is 12.6. The number of nitrogens with zero attached hydrogens (tertiary/aromatic N) is 1. The molecule has 1 aromatic heterocycles. The molecule has 1 aliphatic heterocycles. The fraction of sp³-hybridized carbons (Fsp3) is 0.304. The summed E-state index contributed by atoms with van der Waals surface area (Å²) in [4.78, 5) is 3.63. The Labute approximate surface area is 171 Å². The number of benzene rings is 2. The van der Waals surface area contributed by atoms with E-state index in [1.54, 1.807) is 11.3 Å². The Balaban J connectivity index is 1.66. The van der Waals surface area contributed by atoms with E-state index in [1.165, 1.54) is 4.88 Å². The lowest BCUT2D eigenvalue weighted by Crippen LogP contribution is -2.35. The van der Waals surface area contributed by atoms with Crippen molar-refractivity contribution >= 4 is 29.1 Å². The maximum atomic E-state index is 14.5. The van der Waals surface area contributed by atoms with Gasteiger partial charge < -0.3 is 9.30 Å². The number of ether oxygens (including phenoxy) is 1. The van der Waals surface area contributed by atoms with Crippen LogP contribution in [0, 0.1) is 0 Å². The smallest absolute Gasteiger partial charge is 0.156 e. The minimum Gasteiger partial charge on any atom is -0.377 e. The lowest BCUT2D eigenvalue weighted by atomic mass is 10.2. The summed E-state index contributed by atoms with van der Waals surface area (Å²) < 4.78 is 20.4. The van der Waals surface area contributed by atoms with E-state index in [4.69, 9.17) is 4.74 Å². The van der Waals surface area contributed by atoms with E-state index >= 15 is 0 Å². The summed E-state index contributed by atoms with van der Waals surface area (Å²) in [6.07, 6.45) is 2.97. The van der Waals surface area contributed by atoms with Gasteiger partial charge in [-0.3, -0.25) is 4.90 Å². The van der Waals surface area contributed by atoms with Gasteiger partial charge in [-0.15, -0.1) is 11.3 Å². The van der Waals surface area contributed by atoms with Crippen LogP contribution >= 0.6 is 18.5 Å². The summed E-state index contributed by atoms with van der Waals surface area (Å²) in [6.45, 7) is 2.47. The molecule has 0 bridgehead atoms. The van der Waals surface area contributed by atoms with Crippen molar-refractivity contribution < 1.29 is 9.30 Å². The van der Waals surface area contributed by atoms with E-state index in [1.807, 2.05) is 60.7 Å². The van der Waals surface area contributed by atoms with Gasteiger partial charge in [0.25, 0.3) is 0 Å². The van der Waals surface area contributed by atoms with E-state index in [0.29, 0.717) is 6.29 Å². The average Bonchev–Trinajstić information content (AvgIpc) is 3.43. The first kappa shape index (κ1) is 19.6. The van der Waals surface area contributed by atoms with Crippen LogP contribution in [-0.4, -0.2) is 30.4 Å². The maximum absolute atomic E-state index is 14.5. The first-order valence-electron chi connectivity index (χ1n) is 9.81. The minimum absolute atomic E-state index is 0.236. The summed E-state index contributed by atoms with van der Waals surface area (Å²) >= 11 is 1.75. The second kappa shape index (κ2) is 9.19. The Morgan fingerprint density at radius 1 is 0.964 bits per heavy atom. The maximum Gasteiger partial charge on any atom is 0.156 e. The molecular weight excluding hydrogens is 385 g/mol. The molecule has 0 saturated carbocycles. The molecule has 0 spiro atoms. The zero-order chi connectivity index (χ0) is 19.2. The van der Waals surface area contributed by atoms with Crippen molar-refractivity contribution in [2.45, 2.75) is 25.5 Å². The molecule has 1 atom stereocenters. The lowest BCUT2D eigenvalue weighted by molar-refractivity contribution is 0.0770. The van der Waals surface area contributed by atoms with Crippen molar-refractivity contribution in [1.29, 1.82) is 0 Å². The molecule has 1 fully saturated rings. The van der Waals surface area contributed by atoms with Gasteiger partial charge in [-0.2, -0.15) is 0 Å². The highest BCUT2D eigenvalue weighted by atomic mass is 32.1. The molecule has 2 aromatic carbocycles. The van der Waals surface area contributed by atoms with Gasteiger partial charge in [0.1, 0.15) is 0 Å². The Kier molecular flexibility index (Phi) is 6.43. The number of rotatable bonds is 8. The fourth-order valence-corrected chi connectivity index (χ4v) is 7.26. The van der Waals surface area contributed by atoms with Crippen molar-refractivity contribution in [2.75, 3.05) is 19.4 Å². The molecule has 1 aliphatic rings. The van der Waals surface area contributed by atoms with Gasteiger partial charge in [0.15, 0.2) is 7.14 Å². The van der Waals surface area contributed by atoms with Gasteiger partial charge in [0.05, 0.1) is 12.4 Å². The van der Waals surface area contributed by atoms with Crippen molar-refractivity contribution in [2.24, 2.45) is 0 Å².